The van der Waals surface area contributed by atoms with E-state index in [9.17, 15) is 8.42 Å². The van der Waals surface area contributed by atoms with E-state index in [-0.39, 0.29) is 29.1 Å². The summed E-state index contributed by atoms with van der Waals surface area (Å²) in [6, 6.07) is 4.17. The minimum atomic E-state index is -3.62. The Morgan fingerprint density at radius 1 is 1.42 bits per heavy atom. The van der Waals surface area contributed by atoms with E-state index < -0.39 is 10.0 Å². The summed E-state index contributed by atoms with van der Waals surface area (Å²) in [5, 5.41) is 9.23. The van der Waals surface area contributed by atoms with E-state index in [4.69, 9.17) is 22.4 Å². The van der Waals surface area contributed by atoms with Crippen LogP contribution in [0.3, 0.4) is 0 Å². The number of hydrogen-bond acceptors (Lipinski definition) is 4. The van der Waals surface area contributed by atoms with Crippen molar-refractivity contribution in [2.45, 2.75) is 25.2 Å². The van der Waals surface area contributed by atoms with Crippen LogP contribution in [0.15, 0.2) is 23.1 Å². The summed E-state index contributed by atoms with van der Waals surface area (Å²) in [5.41, 5.74) is 5.49. The van der Waals surface area contributed by atoms with Crippen molar-refractivity contribution in [2.75, 3.05) is 18.9 Å². The van der Waals surface area contributed by atoms with Gasteiger partial charge < -0.3 is 10.8 Å². The largest absolute Gasteiger partial charge is 0.397 e. The maximum Gasteiger partial charge on any atom is 0.240 e. The summed E-state index contributed by atoms with van der Waals surface area (Å²) in [4.78, 5) is 0.0780. The lowest BCUT2D eigenvalue weighted by molar-refractivity contribution is 0.213. The van der Waals surface area contributed by atoms with E-state index in [2.05, 4.69) is 4.72 Å². The second-order valence-electron chi connectivity index (χ2n) is 5.15. The number of aliphatic hydroxyl groups is 1. The maximum absolute atomic E-state index is 12.1. The molecule has 0 saturated carbocycles. The molecule has 0 spiro atoms. The van der Waals surface area contributed by atoms with Crippen LogP contribution in [-0.2, 0) is 10.0 Å². The number of hydrogen-bond donors (Lipinski definition) is 3. The third-order valence-electron chi connectivity index (χ3n) is 2.81. The molecule has 5 nitrogen and oxygen atoms in total. The fraction of sp³-hybridized carbons (Fsp3) is 0.500. The van der Waals surface area contributed by atoms with E-state index in [0.29, 0.717) is 11.4 Å². The van der Waals surface area contributed by atoms with Gasteiger partial charge in [-0.15, -0.1) is 0 Å². The first-order valence-electron chi connectivity index (χ1n) is 5.83. The van der Waals surface area contributed by atoms with Gasteiger partial charge in [-0.1, -0.05) is 25.4 Å². The number of sulfonamides is 1. The van der Waals surface area contributed by atoms with Crippen molar-refractivity contribution in [3.05, 3.63) is 23.2 Å². The Balaban J connectivity index is 2.84. The van der Waals surface area contributed by atoms with Crippen LogP contribution >= 0.6 is 11.6 Å². The Hall–Kier alpha value is -0.820. The number of aliphatic hydroxyl groups excluding tert-OH is 1. The van der Waals surface area contributed by atoms with Gasteiger partial charge in [-0.05, 0) is 30.0 Å². The summed E-state index contributed by atoms with van der Waals surface area (Å²) in [7, 11) is -3.62. The van der Waals surface area contributed by atoms with Crippen molar-refractivity contribution >= 4 is 27.3 Å². The van der Waals surface area contributed by atoms with Crippen LogP contribution < -0.4 is 10.5 Å². The average molecular weight is 307 g/mol. The lowest BCUT2D eigenvalue weighted by Gasteiger charge is -2.23. The second-order valence-corrected chi connectivity index (χ2v) is 7.32. The fourth-order valence-corrected chi connectivity index (χ4v) is 2.85. The summed E-state index contributed by atoms with van der Waals surface area (Å²) in [5.74, 6) is 0. The molecule has 0 unspecified atom stereocenters. The number of nitrogens with one attached hydrogen (secondary N) is 1. The van der Waals surface area contributed by atoms with Crippen LogP contribution in [-0.4, -0.2) is 26.7 Å². The fourth-order valence-electron chi connectivity index (χ4n) is 1.45. The number of nitrogen functional groups attached to an aromatic ring is 1. The highest BCUT2D eigenvalue weighted by atomic mass is 35.5. The van der Waals surface area contributed by atoms with Gasteiger partial charge in [-0.25, -0.2) is 13.1 Å². The van der Waals surface area contributed by atoms with Gasteiger partial charge in [0.2, 0.25) is 10.0 Å². The lowest BCUT2D eigenvalue weighted by Crippen LogP contribution is -2.34. The zero-order valence-electron chi connectivity index (χ0n) is 11.0. The highest BCUT2D eigenvalue weighted by Gasteiger charge is 2.22. The summed E-state index contributed by atoms with van der Waals surface area (Å²) in [6.45, 7) is 4.00. The molecule has 0 aliphatic carbocycles. The first-order chi connectivity index (χ1) is 8.68. The van der Waals surface area contributed by atoms with Crippen LogP contribution in [0.25, 0.3) is 0 Å². The van der Waals surface area contributed by atoms with Crippen molar-refractivity contribution in [1.82, 2.24) is 4.72 Å². The van der Waals surface area contributed by atoms with Crippen molar-refractivity contribution in [3.8, 4) is 0 Å². The maximum atomic E-state index is 12.1. The van der Waals surface area contributed by atoms with Crippen molar-refractivity contribution in [3.63, 3.8) is 0 Å². The SMILES string of the molecule is CC(C)(CCO)CNS(=O)(=O)c1ccc(Cl)c(N)c1. The molecule has 1 aromatic carbocycles. The van der Waals surface area contributed by atoms with E-state index >= 15 is 0 Å². The number of anilines is 1. The molecule has 0 aliphatic rings. The van der Waals surface area contributed by atoms with E-state index in [1.165, 1.54) is 18.2 Å². The molecule has 4 N–H and O–H groups in total. The highest BCUT2D eigenvalue weighted by Crippen LogP contribution is 2.23. The normalized spacial score (nSPS) is 12.6. The summed E-state index contributed by atoms with van der Waals surface area (Å²) >= 11 is 5.75. The molecular weight excluding hydrogens is 288 g/mol. The first-order valence-corrected chi connectivity index (χ1v) is 7.70. The third-order valence-corrected chi connectivity index (χ3v) is 4.55. The topological polar surface area (TPSA) is 92.4 Å². The minimum absolute atomic E-state index is 0.0165. The molecule has 0 aliphatic heterocycles. The molecule has 108 valence electrons. The predicted octanol–water partition coefficient (Wildman–Crippen LogP) is 1.61. The zero-order valence-corrected chi connectivity index (χ0v) is 12.6. The monoisotopic (exact) mass is 306 g/mol. The Morgan fingerprint density at radius 3 is 2.58 bits per heavy atom. The van der Waals surface area contributed by atoms with E-state index in [1.807, 2.05) is 13.8 Å². The van der Waals surface area contributed by atoms with Crippen LogP contribution in [0.2, 0.25) is 5.02 Å². The summed E-state index contributed by atoms with van der Waals surface area (Å²) in [6.07, 6.45) is 0.512. The van der Waals surface area contributed by atoms with Gasteiger partial charge in [-0.3, -0.25) is 0 Å². The molecule has 0 aromatic heterocycles. The molecule has 0 atom stereocenters. The third kappa shape index (κ3) is 4.65. The van der Waals surface area contributed by atoms with E-state index in [0.717, 1.165) is 0 Å². The van der Waals surface area contributed by atoms with Gasteiger partial charge in [-0.2, -0.15) is 0 Å². The molecule has 0 heterocycles. The van der Waals surface area contributed by atoms with Gasteiger partial charge in [0, 0.05) is 13.2 Å². The standard InChI is InChI=1S/C12H19ClN2O3S/c1-12(2,5-6-16)8-15-19(17,18)9-3-4-10(13)11(14)7-9/h3-4,7,15-16H,5-6,8,14H2,1-2H3. The first kappa shape index (κ1) is 16.2. The Kier molecular flexibility index (Phi) is 5.20. The highest BCUT2D eigenvalue weighted by molar-refractivity contribution is 7.89. The lowest BCUT2D eigenvalue weighted by atomic mass is 9.90. The number of nitrogens with two attached hydrogens (primary N) is 1. The molecule has 0 radical (unpaired) electrons. The second kappa shape index (κ2) is 6.09. The van der Waals surface area contributed by atoms with Gasteiger partial charge in [0.05, 0.1) is 15.6 Å². The number of rotatable bonds is 6. The van der Waals surface area contributed by atoms with Crippen molar-refractivity contribution < 1.29 is 13.5 Å². The molecule has 7 heteroatoms. The van der Waals surface area contributed by atoms with Gasteiger partial charge in [0.15, 0.2) is 0 Å². The minimum Gasteiger partial charge on any atom is -0.397 e. The summed E-state index contributed by atoms with van der Waals surface area (Å²) < 4.78 is 26.7. The molecular formula is C12H19ClN2O3S. The van der Waals surface area contributed by atoms with Crippen molar-refractivity contribution in [2.24, 2.45) is 5.41 Å². The molecule has 0 amide bonds. The number of benzene rings is 1. The van der Waals surface area contributed by atoms with Gasteiger partial charge in [0.1, 0.15) is 0 Å². The Labute approximate surface area is 118 Å². The molecule has 0 bridgehead atoms. The average Bonchev–Trinajstić information content (AvgIpc) is 2.30. The smallest absolute Gasteiger partial charge is 0.240 e. The molecule has 0 saturated heterocycles. The van der Waals surface area contributed by atoms with Crippen LogP contribution in [0, 0.1) is 5.41 Å². The predicted molar refractivity (Wildman–Crippen MR) is 76.5 cm³/mol. The number of halogens is 1. The molecule has 1 aromatic rings. The quantitative estimate of drug-likeness (QED) is 0.696. The Morgan fingerprint density at radius 2 is 2.05 bits per heavy atom. The molecule has 0 fully saturated rings. The van der Waals surface area contributed by atoms with Gasteiger partial charge >= 0.3 is 0 Å². The van der Waals surface area contributed by atoms with Crippen molar-refractivity contribution in [1.29, 1.82) is 0 Å². The Bertz CT molecular complexity index is 544. The molecule has 19 heavy (non-hydrogen) atoms. The van der Waals surface area contributed by atoms with Crippen LogP contribution in [0.1, 0.15) is 20.3 Å². The molecule has 1 rings (SSSR count). The van der Waals surface area contributed by atoms with Crippen LogP contribution in [0.5, 0.6) is 0 Å². The van der Waals surface area contributed by atoms with Crippen LogP contribution in [0.4, 0.5) is 5.69 Å². The van der Waals surface area contributed by atoms with E-state index in [1.54, 1.807) is 0 Å². The zero-order chi connectivity index (χ0) is 14.7. The van der Waals surface area contributed by atoms with Gasteiger partial charge in [0.25, 0.3) is 0 Å².